The first kappa shape index (κ1) is 12.1. The molecule has 0 saturated carbocycles. The summed E-state index contributed by atoms with van der Waals surface area (Å²) in [5.41, 5.74) is 0. The Morgan fingerprint density at radius 1 is 1.41 bits per heavy atom. The maximum absolute atomic E-state index is 12.0. The van der Waals surface area contributed by atoms with Gasteiger partial charge in [0.05, 0.1) is 0 Å². The van der Waals surface area contributed by atoms with E-state index in [4.69, 9.17) is 0 Å². The smallest absolute Gasteiger partial charge is 0.224 e. The number of amides is 1. The zero-order valence-electron chi connectivity index (χ0n) is 10.5. The highest BCUT2D eigenvalue weighted by atomic mass is 16.2. The molecule has 1 aliphatic heterocycles. The Morgan fingerprint density at radius 3 is 2.71 bits per heavy atom. The molecule has 0 radical (unpaired) electrons. The first-order valence-corrected chi connectivity index (χ1v) is 6.16. The third-order valence-corrected chi connectivity index (χ3v) is 3.02. The van der Waals surface area contributed by atoms with Gasteiger partial charge < -0.3 is 10.2 Å². The summed E-state index contributed by atoms with van der Waals surface area (Å²) in [6.45, 7) is 6.51. The molecule has 2 unspecified atom stereocenters. The lowest BCUT2D eigenvalue weighted by atomic mass is 10.1. The third-order valence-electron chi connectivity index (χ3n) is 3.02. The number of nitrogens with one attached hydrogen (secondary N) is 1. The van der Waals surface area contributed by atoms with Crippen LogP contribution in [0.5, 0.6) is 0 Å². The van der Waals surface area contributed by atoms with Gasteiger partial charge in [0.25, 0.3) is 0 Å². The Balaban J connectivity index is 1.83. The van der Waals surface area contributed by atoms with Crippen LogP contribution in [0.4, 0.5) is 0 Å². The second kappa shape index (κ2) is 5.31. The second-order valence-electron chi connectivity index (χ2n) is 4.79. The number of hydrogen-bond acceptors (Lipinski definition) is 3. The van der Waals surface area contributed by atoms with E-state index in [2.05, 4.69) is 24.3 Å². The number of carbonyl (C=O) groups is 1. The third kappa shape index (κ3) is 3.30. The number of hydrogen-bond donors (Lipinski definition) is 1. The van der Waals surface area contributed by atoms with Crippen LogP contribution < -0.4 is 5.32 Å². The van der Waals surface area contributed by atoms with Crippen LogP contribution in [0.15, 0.2) is 18.5 Å². The van der Waals surface area contributed by atoms with Gasteiger partial charge in [-0.05, 0) is 19.9 Å². The first-order chi connectivity index (χ1) is 8.15. The van der Waals surface area contributed by atoms with E-state index in [0.717, 1.165) is 13.1 Å². The summed E-state index contributed by atoms with van der Waals surface area (Å²) in [4.78, 5) is 14.0. The molecule has 0 bridgehead atoms. The molecule has 17 heavy (non-hydrogen) atoms. The number of nitrogens with zero attached hydrogens (tertiary/aromatic N) is 3. The summed E-state index contributed by atoms with van der Waals surface area (Å²) < 4.78 is 1.80. The molecule has 5 heteroatoms. The molecule has 1 N–H and O–H groups in total. The van der Waals surface area contributed by atoms with Gasteiger partial charge in [-0.2, -0.15) is 5.10 Å². The van der Waals surface area contributed by atoms with Gasteiger partial charge >= 0.3 is 0 Å². The highest BCUT2D eigenvalue weighted by Crippen LogP contribution is 2.06. The van der Waals surface area contributed by atoms with Crippen molar-refractivity contribution in [3.8, 4) is 0 Å². The Kier molecular flexibility index (Phi) is 3.78. The minimum Gasteiger partial charge on any atom is -0.340 e. The van der Waals surface area contributed by atoms with Crippen LogP contribution in [0.2, 0.25) is 0 Å². The molecule has 2 atom stereocenters. The van der Waals surface area contributed by atoms with E-state index in [1.54, 1.807) is 10.9 Å². The fourth-order valence-electron chi connectivity index (χ4n) is 2.33. The molecule has 2 heterocycles. The average Bonchev–Trinajstić information content (AvgIpc) is 2.77. The normalized spacial score (nSPS) is 24.9. The van der Waals surface area contributed by atoms with Gasteiger partial charge in [-0.25, -0.2) is 0 Å². The zero-order valence-corrected chi connectivity index (χ0v) is 10.5. The highest BCUT2D eigenvalue weighted by molar-refractivity contribution is 5.76. The van der Waals surface area contributed by atoms with Crippen LogP contribution in [0, 0.1) is 0 Å². The van der Waals surface area contributed by atoms with Crippen LogP contribution in [0.3, 0.4) is 0 Å². The molecule has 94 valence electrons. The van der Waals surface area contributed by atoms with Crippen molar-refractivity contribution < 1.29 is 4.79 Å². The largest absolute Gasteiger partial charge is 0.340 e. The molecule has 1 aliphatic rings. The lowest BCUT2D eigenvalue weighted by molar-refractivity contribution is -0.133. The standard InChI is InChI=1S/C12H20N4O/c1-10-8-15(9-11(2)14-10)12(17)4-7-16-6-3-5-13-16/h3,5-6,10-11,14H,4,7-9H2,1-2H3. The van der Waals surface area contributed by atoms with Crippen molar-refractivity contribution in [2.24, 2.45) is 0 Å². The molecule has 0 aromatic carbocycles. The summed E-state index contributed by atoms with van der Waals surface area (Å²) in [6, 6.07) is 2.64. The number of aryl methyl sites for hydroxylation is 1. The topological polar surface area (TPSA) is 50.2 Å². The zero-order chi connectivity index (χ0) is 12.3. The Bertz CT molecular complexity index is 353. The highest BCUT2D eigenvalue weighted by Gasteiger charge is 2.24. The molecule has 1 amide bonds. The maximum atomic E-state index is 12.0. The fraction of sp³-hybridized carbons (Fsp3) is 0.667. The predicted octanol–water partition coefficient (Wildman–Crippen LogP) is 0.482. The van der Waals surface area contributed by atoms with E-state index in [9.17, 15) is 4.79 Å². The minimum absolute atomic E-state index is 0.223. The van der Waals surface area contributed by atoms with Crippen molar-refractivity contribution in [3.63, 3.8) is 0 Å². The molecule has 1 saturated heterocycles. The number of carbonyl (C=O) groups excluding carboxylic acids is 1. The minimum atomic E-state index is 0.223. The molecule has 5 nitrogen and oxygen atoms in total. The molecular formula is C12H20N4O. The summed E-state index contributed by atoms with van der Waals surface area (Å²) in [6.07, 6.45) is 4.15. The lowest BCUT2D eigenvalue weighted by Gasteiger charge is -2.36. The van der Waals surface area contributed by atoms with Crippen LogP contribution in [0.25, 0.3) is 0 Å². The Labute approximate surface area is 102 Å². The van der Waals surface area contributed by atoms with Crippen molar-refractivity contribution in [1.82, 2.24) is 20.0 Å². The van der Waals surface area contributed by atoms with E-state index in [1.807, 2.05) is 17.2 Å². The van der Waals surface area contributed by atoms with E-state index in [0.29, 0.717) is 25.0 Å². The van der Waals surface area contributed by atoms with Gasteiger partial charge in [-0.1, -0.05) is 0 Å². The van der Waals surface area contributed by atoms with Gasteiger partial charge in [0.15, 0.2) is 0 Å². The molecule has 0 aliphatic carbocycles. The van der Waals surface area contributed by atoms with Crippen molar-refractivity contribution >= 4 is 5.91 Å². The Morgan fingerprint density at radius 2 is 2.12 bits per heavy atom. The number of aromatic nitrogens is 2. The van der Waals surface area contributed by atoms with Crippen LogP contribution in [-0.2, 0) is 11.3 Å². The SMILES string of the molecule is CC1CN(C(=O)CCn2cccn2)CC(C)N1. The van der Waals surface area contributed by atoms with Crippen molar-refractivity contribution in [3.05, 3.63) is 18.5 Å². The van der Waals surface area contributed by atoms with Crippen molar-refractivity contribution in [1.29, 1.82) is 0 Å². The second-order valence-corrected chi connectivity index (χ2v) is 4.79. The molecule has 0 spiro atoms. The van der Waals surface area contributed by atoms with Crippen LogP contribution in [0.1, 0.15) is 20.3 Å². The summed E-state index contributed by atoms with van der Waals surface area (Å²) in [7, 11) is 0. The van der Waals surface area contributed by atoms with E-state index < -0.39 is 0 Å². The fourth-order valence-corrected chi connectivity index (χ4v) is 2.33. The molecule has 1 aromatic rings. The quantitative estimate of drug-likeness (QED) is 0.830. The van der Waals surface area contributed by atoms with Crippen molar-refractivity contribution in [2.75, 3.05) is 13.1 Å². The van der Waals surface area contributed by atoms with Gasteiger partial charge in [0.1, 0.15) is 0 Å². The lowest BCUT2D eigenvalue weighted by Crippen LogP contribution is -2.55. The van der Waals surface area contributed by atoms with Gasteiger partial charge in [-0.15, -0.1) is 0 Å². The Hall–Kier alpha value is -1.36. The van der Waals surface area contributed by atoms with Gasteiger partial charge in [0.2, 0.25) is 5.91 Å². The molecule has 1 fully saturated rings. The molecule has 1 aromatic heterocycles. The van der Waals surface area contributed by atoms with E-state index in [1.165, 1.54) is 0 Å². The van der Waals surface area contributed by atoms with Crippen LogP contribution in [-0.4, -0.2) is 45.8 Å². The molecular weight excluding hydrogens is 216 g/mol. The monoisotopic (exact) mass is 236 g/mol. The maximum Gasteiger partial charge on any atom is 0.224 e. The average molecular weight is 236 g/mol. The number of piperazine rings is 1. The van der Waals surface area contributed by atoms with Gasteiger partial charge in [-0.3, -0.25) is 9.48 Å². The summed E-state index contributed by atoms with van der Waals surface area (Å²) in [5, 5.41) is 7.52. The van der Waals surface area contributed by atoms with Crippen molar-refractivity contribution in [2.45, 2.75) is 38.9 Å². The summed E-state index contributed by atoms with van der Waals surface area (Å²) >= 11 is 0. The van der Waals surface area contributed by atoms with Crippen LogP contribution >= 0.6 is 0 Å². The van der Waals surface area contributed by atoms with Gasteiger partial charge in [0, 0.05) is 50.5 Å². The number of rotatable bonds is 3. The molecule has 2 rings (SSSR count). The first-order valence-electron chi connectivity index (χ1n) is 6.16. The predicted molar refractivity (Wildman–Crippen MR) is 65.5 cm³/mol. The van der Waals surface area contributed by atoms with E-state index >= 15 is 0 Å². The summed E-state index contributed by atoms with van der Waals surface area (Å²) in [5.74, 6) is 0.223. The van der Waals surface area contributed by atoms with E-state index in [-0.39, 0.29) is 5.91 Å².